The monoisotopic (exact) mass is 297 g/mol. The molecule has 1 N–H and O–H groups in total. The molecule has 1 amide bonds. The Labute approximate surface area is 123 Å². The second-order valence-electron chi connectivity index (χ2n) is 5.10. The molecule has 0 bridgehead atoms. The Bertz CT molecular complexity index is 490. The maximum atomic E-state index is 13.4. The van der Waals surface area contributed by atoms with Crippen LogP contribution in [-0.4, -0.2) is 41.6 Å². The Balaban J connectivity index is 2.59. The molecule has 1 aromatic carbocycles. The number of para-hydroxylation sites is 1. The highest BCUT2D eigenvalue weighted by atomic mass is 19.1. The van der Waals surface area contributed by atoms with E-state index in [0.29, 0.717) is 6.54 Å². The van der Waals surface area contributed by atoms with Gasteiger partial charge in [-0.05, 0) is 18.1 Å². The zero-order valence-corrected chi connectivity index (χ0v) is 12.2. The van der Waals surface area contributed by atoms with Gasteiger partial charge >= 0.3 is 5.97 Å². The number of carbonyl (C=O) groups is 2. The number of rotatable bonds is 8. The molecule has 5 nitrogen and oxygen atoms in total. The molecular formula is C15H20FNO4. The van der Waals surface area contributed by atoms with Crippen molar-refractivity contribution in [3.05, 3.63) is 30.1 Å². The van der Waals surface area contributed by atoms with Crippen molar-refractivity contribution in [2.24, 2.45) is 5.92 Å². The van der Waals surface area contributed by atoms with Gasteiger partial charge in [0.25, 0.3) is 5.91 Å². The van der Waals surface area contributed by atoms with Gasteiger partial charge in [-0.15, -0.1) is 0 Å². The molecule has 0 aliphatic carbocycles. The Kier molecular flexibility index (Phi) is 6.65. The van der Waals surface area contributed by atoms with Crippen molar-refractivity contribution >= 4 is 11.9 Å². The Hall–Kier alpha value is -2.11. The summed E-state index contributed by atoms with van der Waals surface area (Å²) in [6, 6.07) is 5.82. The fraction of sp³-hybridized carbons (Fsp3) is 0.467. The van der Waals surface area contributed by atoms with Crippen LogP contribution in [0, 0.1) is 11.7 Å². The van der Waals surface area contributed by atoms with Gasteiger partial charge in [-0.3, -0.25) is 9.59 Å². The molecule has 0 spiro atoms. The summed E-state index contributed by atoms with van der Waals surface area (Å²) in [6.07, 6.45) is -0.127. The van der Waals surface area contributed by atoms with Crippen LogP contribution in [0.25, 0.3) is 0 Å². The fourth-order valence-corrected chi connectivity index (χ4v) is 1.78. The number of ether oxygens (including phenoxy) is 1. The summed E-state index contributed by atoms with van der Waals surface area (Å²) >= 11 is 0. The van der Waals surface area contributed by atoms with Gasteiger partial charge in [-0.25, -0.2) is 4.39 Å². The fourth-order valence-electron chi connectivity index (χ4n) is 1.78. The zero-order chi connectivity index (χ0) is 15.8. The maximum Gasteiger partial charge on any atom is 0.305 e. The van der Waals surface area contributed by atoms with Gasteiger partial charge in [0.15, 0.2) is 18.2 Å². The molecule has 21 heavy (non-hydrogen) atoms. The number of carbonyl (C=O) groups excluding carboxylic acids is 1. The van der Waals surface area contributed by atoms with E-state index in [1.54, 1.807) is 6.07 Å². The van der Waals surface area contributed by atoms with Crippen LogP contribution in [0.2, 0.25) is 0 Å². The number of carboxylic acid groups (broad SMARTS) is 1. The Morgan fingerprint density at radius 2 is 2.00 bits per heavy atom. The van der Waals surface area contributed by atoms with Crippen LogP contribution in [0.3, 0.4) is 0 Å². The summed E-state index contributed by atoms with van der Waals surface area (Å²) in [6.45, 7) is 4.10. The van der Waals surface area contributed by atoms with E-state index in [0.717, 1.165) is 0 Å². The standard InChI is InChI=1S/C15H20FNO4/c1-11(2)9-17(8-7-15(19)20)14(18)10-21-13-6-4-3-5-12(13)16/h3-6,11H,7-10H2,1-2H3,(H,19,20). The van der Waals surface area contributed by atoms with Gasteiger partial charge in [-0.2, -0.15) is 0 Å². The van der Waals surface area contributed by atoms with Gasteiger partial charge in [0, 0.05) is 13.1 Å². The third-order valence-corrected chi connectivity index (χ3v) is 2.72. The van der Waals surface area contributed by atoms with Gasteiger partial charge in [0.1, 0.15) is 0 Å². The van der Waals surface area contributed by atoms with Crippen molar-refractivity contribution in [3.63, 3.8) is 0 Å². The van der Waals surface area contributed by atoms with E-state index in [1.165, 1.54) is 23.1 Å². The molecule has 0 atom stereocenters. The average molecular weight is 297 g/mol. The average Bonchev–Trinajstić information content (AvgIpc) is 2.41. The number of nitrogens with zero attached hydrogens (tertiary/aromatic N) is 1. The SMILES string of the molecule is CC(C)CN(CCC(=O)O)C(=O)COc1ccccc1F. The van der Waals surface area contributed by atoms with Crippen molar-refractivity contribution < 1.29 is 23.8 Å². The van der Waals surface area contributed by atoms with Gasteiger partial charge < -0.3 is 14.7 Å². The smallest absolute Gasteiger partial charge is 0.305 e. The minimum absolute atomic E-state index is 0.00795. The lowest BCUT2D eigenvalue weighted by molar-refractivity contribution is -0.139. The van der Waals surface area contributed by atoms with Gasteiger partial charge in [-0.1, -0.05) is 26.0 Å². The second kappa shape index (κ2) is 8.24. The number of benzene rings is 1. The van der Waals surface area contributed by atoms with E-state index in [9.17, 15) is 14.0 Å². The van der Waals surface area contributed by atoms with Crippen molar-refractivity contribution in [2.45, 2.75) is 20.3 Å². The lowest BCUT2D eigenvalue weighted by atomic mass is 10.2. The third kappa shape index (κ3) is 6.25. The van der Waals surface area contributed by atoms with Crippen molar-refractivity contribution in [1.82, 2.24) is 4.90 Å². The first-order valence-corrected chi connectivity index (χ1v) is 6.77. The van der Waals surface area contributed by atoms with E-state index in [4.69, 9.17) is 9.84 Å². The van der Waals surface area contributed by atoms with Crippen LogP contribution < -0.4 is 4.74 Å². The number of amides is 1. The maximum absolute atomic E-state index is 13.4. The predicted molar refractivity (Wildman–Crippen MR) is 75.6 cm³/mol. The molecule has 1 rings (SSSR count). The van der Waals surface area contributed by atoms with E-state index in [1.807, 2.05) is 13.8 Å². The zero-order valence-electron chi connectivity index (χ0n) is 12.2. The number of carboxylic acids is 1. The summed E-state index contributed by atoms with van der Waals surface area (Å²) in [4.78, 5) is 24.1. The summed E-state index contributed by atoms with van der Waals surface area (Å²) in [5.41, 5.74) is 0. The molecule has 0 saturated heterocycles. The number of aliphatic carboxylic acids is 1. The largest absolute Gasteiger partial charge is 0.481 e. The summed E-state index contributed by atoms with van der Waals surface area (Å²) in [7, 11) is 0. The molecule has 116 valence electrons. The second-order valence-corrected chi connectivity index (χ2v) is 5.10. The van der Waals surface area contributed by atoms with Gasteiger partial charge in [0.05, 0.1) is 6.42 Å². The minimum Gasteiger partial charge on any atom is -0.481 e. The van der Waals surface area contributed by atoms with Crippen molar-refractivity contribution in [1.29, 1.82) is 0 Å². The lowest BCUT2D eigenvalue weighted by Crippen LogP contribution is -2.39. The molecule has 1 aromatic rings. The highest BCUT2D eigenvalue weighted by Crippen LogP contribution is 2.15. The molecule has 6 heteroatoms. The first kappa shape index (κ1) is 16.9. The highest BCUT2D eigenvalue weighted by Gasteiger charge is 2.17. The summed E-state index contributed by atoms with van der Waals surface area (Å²) in [5, 5.41) is 8.70. The van der Waals surface area contributed by atoms with E-state index in [-0.39, 0.29) is 37.1 Å². The third-order valence-electron chi connectivity index (χ3n) is 2.72. The number of halogens is 1. The molecule has 0 aromatic heterocycles. The van der Waals surface area contributed by atoms with E-state index in [2.05, 4.69) is 0 Å². The van der Waals surface area contributed by atoms with E-state index < -0.39 is 11.8 Å². The molecule has 0 aliphatic rings. The topological polar surface area (TPSA) is 66.8 Å². The molecule has 0 radical (unpaired) electrons. The van der Waals surface area contributed by atoms with Crippen LogP contribution in [0.5, 0.6) is 5.75 Å². The van der Waals surface area contributed by atoms with Gasteiger partial charge in [0.2, 0.25) is 0 Å². The Morgan fingerprint density at radius 1 is 1.33 bits per heavy atom. The molecule has 0 unspecified atom stereocenters. The van der Waals surface area contributed by atoms with Crippen LogP contribution >= 0.6 is 0 Å². The normalized spacial score (nSPS) is 10.5. The molecule has 0 aliphatic heterocycles. The molecule has 0 saturated carbocycles. The quantitative estimate of drug-likeness (QED) is 0.798. The minimum atomic E-state index is -0.966. The first-order chi connectivity index (χ1) is 9.90. The summed E-state index contributed by atoms with van der Waals surface area (Å²) in [5.74, 6) is -1.64. The van der Waals surface area contributed by atoms with Crippen LogP contribution in [0.15, 0.2) is 24.3 Å². The molecule has 0 fully saturated rings. The first-order valence-electron chi connectivity index (χ1n) is 6.77. The van der Waals surface area contributed by atoms with Crippen molar-refractivity contribution in [3.8, 4) is 5.75 Å². The molecule has 0 heterocycles. The lowest BCUT2D eigenvalue weighted by Gasteiger charge is -2.24. The number of hydrogen-bond donors (Lipinski definition) is 1. The predicted octanol–water partition coefficient (Wildman–Crippen LogP) is 2.16. The Morgan fingerprint density at radius 3 is 2.57 bits per heavy atom. The summed E-state index contributed by atoms with van der Waals surface area (Å²) < 4.78 is 18.5. The number of hydrogen-bond acceptors (Lipinski definition) is 3. The highest BCUT2D eigenvalue weighted by molar-refractivity contribution is 5.78. The van der Waals surface area contributed by atoms with E-state index >= 15 is 0 Å². The molecular weight excluding hydrogens is 277 g/mol. The van der Waals surface area contributed by atoms with Crippen molar-refractivity contribution in [2.75, 3.05) is 19.7 Å². The van der Waals surface area contributed by atoms with Crippen LogP contribution in [0.4, 0.5) is 4.39 Å². The van der Waals surface area contributed by atoms with Crippen LogP contribution in [0.1, 0.15) is 20.3 Å². The van der Waals surface area contributed by atoms with Crippen LogP contribution in [-0.2, 0) is 9.59 Å².